The van der Waals surface area contributed by atoms with Gasteiger partial charge in [0.25, 0.3) is 0 Å². The van der Waals surface area contributed by atoms with Crippen LogP contribution >= 0.6 is 0 Å². The molecule has 1 atom stereocenters. The molecular formula is C18H25N3O2. The van der Waals surface area contributed by atoms with Crippen LogP contribution in [-0.4, -0.2) is 66.9 Å². The summed E-state index contributed by atoms with van der Waals surface area (Å²) in [5.74, 6) is 1.64. The minimum atomic E-state index is -0.486. The third-order valence-electron chi connectivity index (χ3n) is 4.57. The number of β-amino-alcohol motifs (C(OH)–C–C–N with tert-alkyl or cyclic N) is 1. The SMILES string of the molecule is N#Cc1ccc(OCC(O)CN2CCN(CC3CC3)CC2)cc1. The quantitative estimate of drug-likeness (QED) is 0.822. The summed E-state index contributed by atoms with van der Waals surface area (Å²) in [6.07, 6.45) is 2.33. The molecule has 1 aromatic carbocycles. The molecular weight excluding hydrogens is 290 g/mol. The zero-order chi connectivity index (χ0) is 16.1. The Balaban J connectivity index is 1.34. The van der Waals surface area contributed by atoms with Crippen molar-refractivity contribution >= 4 is 0 Å². The maximum atomic E-state index is 10.2. The number of rotatable bonds is 7. The fourth-order valence-electron chi connectivity index (χ4n) is 2.99. The molecule has 1 aromatic rings. The number of aliphatic hydroxyl groups excluding tert-OH is 1. The van der Waals surface area contributed by atoms with Crippen molar-refractivity contribution in [3.05, 3.63) is 29.8 Å². The smallest absolute Gasteiger partial charge is 0.119 e. The van der Waals surface area contributed by atoms with Crippen molar-refractivity contribution in [3.8, 4) is 11.8 Å². The Morgan fingerprint density at radius 2 is 1.78 bits per heavy atom. The monoisotopic (exact) mass is 315 g/mol. The Morgan fingerprint density at radius 1 is 1.13 bits per heavy atom. The van der Waals surface area contributed by atoms with Gasteiger partial charge < -0.3 is 14.7 Å². The highest BCUT2D eigenvalue weighted by Gasteiger charge is 2.26. The van der Waals surface area contributed by atoms with Gasteiger partial charge in [0.15, 0.2) is 0 Å². The summed E-state index contributed by atoms with van der Waals surface area (Å²) in [6, 6.07) is 9.05. The summed E-state index contributed by atoms with van der Waals surface area (Å²) in [7, 11) is 0. The maximum Gasteiger partial charge on any atom is 0.119 e. The van der Waals surface area contributed by atoms with Crippen LogP contribution in [0, 0.1) is 17.2 Å². The fourth-order valence-corrected chi connectivity index (χ4v) is 2.99. The highest BCUT2D eigenvalue weighted by atomic mass is 16.5. The lowest BCUT2D eigenvalue weighted by Crippen LogP contribution is -2.49. The van der Waals surface area contributed by atoms with E-state index in [0.717, 1.165) is 32.1 Å². The Bertz CT molecular complexity index is 528. The molecule has 1 heterocycles. The molecule has 1 aliphatic carbocycles. The van der Waals surface area contributed by atoms with E-state index in [2.05, 4.69) is 15.9 Å². The van der Waals surface area contributed by atoms with Crippen molar-refractivity contribution in [1.82, 2.24) is 9.80 Å². The summed E-state index contributed by atoms with van der Waals surface area (Å²) < 4.78 is 5.59. The van der Waals surface area contributed by atoms with E-state index in [0.29, 0.717) is 17.9 Å². The average Bonchev–Trinajstić information content (AvgIpc) is 3.39. The second-order valence-electron chi connectivity index (χ2n) is 6.65. The standard InChI is InChI=1S/C18H25N3O2/c19-11-15-3-5-18(6-4-15)23-14-17(22)13-21-9-7-20(8-10-21)12-16-1-2-16/h3-6,16-17,22H,1-2,7-10,12-14H2. The zero-order valence-corrected chi connectivity index (χ0v) is 13.5. The molecule has 0 radical (unpaired) electrons. The molecule has 5 heteroatoms. The highest BCUT2D eigenvalue weighted by Crippen LogP contribution is 2.29. The average molecular weight is 315 g/mol. The van der Waals surface area contributed by atoms with Crippen molar-refractivity contribution in [2.24, 2.45) is 5.92 Å². The Hall–Kier alpha value is -1.61. The number of ether oxygens (including phenoxy) is 1. The van der Waals surface area contributed by atoms with Crippen LogP contribution in [0.5, 0.6) is 5.75 Å². The number of nitriles is 1. The van der Waals surface area contributed by atoms with Gasteiger partial charge >= 0.3 is 0 Å². The van der Waals surface area contributed by atoms with Gasteiger partial charge in [0.2, 0.25) is 0 Å². The van der Waals surface area contributed by atoms with Gasteiger partial charge in [0.1, 0.15) is 18.5 Å². The molecule has 0 bridgehead atoms. The summed E-state index contributed by atoms with van der Waals surface area (Å²) >= 11 is 0. The van der Waals surface area contributed by atoms with E-state index in [4.69, 9.17) is 10.00 Å². The first kappa shape index (κ1) is 16.3. The lowest BCUT2D eigenvalue weighted by molar-refractivity contribution is 0.0452. The minimum Gasteiger partial charge on any atom is -0.491 e. The summed E-state index contributed by atoms with van der Waals surface area (Å²) in [6.45, 7) is 6.49. The van der Waals surface area contributed by atoms with Gasteiger partial charge in [-0.2, -0.15) is 5.26 Å². The van der Waals surface area contributed by atoms with Gasteiger partial charge in [0.05, 0.1) is 11.6 Å². The van der Waals surface area contributed by atoms with Gasteiger partial charge in [-0.3, -0.25) is 4.90 Å². The number of piperazine rings is 1. The minimum absolute atomic E-state index is 0.286. The normalized spacial score (nSPS) is 20.9. The van der Waals surface area contributed by atoms with Crippen molar-refractivity contribution in [3.63, 3.8) is 0 Å². The first-order chi connectivity index (χ1) is 11.2. The number of hydrogen-bond donors (Lipinski definition) is 1. The Morgan fingerprint density at radius 3 is 2.39 bits per heavy atom. The maximum absolute atomic E-state index is 10.2. The van der Waals surface area contributed by atoms with Crippen LogP contribution in [0.1, 0.15) is 18.4 Å². The third kappa shape index (κ3) is 5.21. The first-order valence-electron chi connectivity index (χ1n) is 8.48. The fraction of sp³-hybridized carbons (Fsp3) is 0.611. The van der Waals surface area contributed by atoms with Crippen molar-refractivity contribution in [1.29, 1.82) is 5.26 Å². The van der Waals surface area contributed by atoms with Crippen LogP contribution in [0.2, 0.25) is 0 Å². The van der Waals surface area contributed by atoms with Gasteiger partial charge in [-0.05, 0) is 43.0 Å². The Labute approximate surface area is 138 Å². The molecule has 0 aromatic heterocycles. The number of aliphatic hydroxyl groups is 1. The zero-order valence-electron chi connectivity index (χ0n) is 13.5. The summed E-state index contributed by atoms with van der Waals surface area (Å²) in [4.78, 5) is 4.87. The van der Waals surface area contributed by atoms with Crippen LogP contribution in [0.3, 0.4) is 0 Å². The lowest BCUT2D eigenvalue weighted by Gasteiger charge is -2.35. The molecule has 23 heavy (non-hydrogen) atoms. The van der Waals surface area contributed by atoms with Crippen molar-refractivity contribution in [2.45, 2.75) is 18.9 Å². The molecule has 1 saturated heterocycles. The van der Waals surface area contributed by atoms with E-state index in [-0.39, 0.29) is 6.61 Å². The number of benzene rings is 1. The molecule has 124 valence electrons. The largest absolute Gasteiger partial charge is 0.491 e. The molecule has 2 fully saturated rings. The van der Waals surface area contributed by atoms with Crippen molar-refractivity contribution in [2.75, 3.05) is 45.9 Å². The van der Waals surface area contributed by atoms with Crippen LogP contribution in [0.4, 0.5) is 0 Å². The molecule has 0 spiro atoms. The lowest BCUT2D eigenvalue weighted by atomic mass is 10.2. The summed E-state index contributed by atoms with van der Waals surface area (Å²) in [5, 5.41) is 18.9. The van der Waals surface area contributed by atoms with E-state index in [9.17, 15) is 5.11 Å². The van der Waals surface area contributed by atoms with E-state index in [1.165, 1.54) is 19.4 Å². The Kier molecular flexibility index (Phi) is 5.50. The van der Waals surface area contributed by atoms with Crippen LogP contribution in [0.25, 0.3) is 0 Å². The molecule has 5 nitrogen and oxygen atoms in total. The second kappa shape index (κ2) is 7.78. The van der Waals surface area contributed by atoms with E-state index in [1.54, 1.807) is 24.3 Å². The molecule has 1 aliphatic heterocycles. The van der Waals surface area contributed by atoms with Gasteiger partial charge in [-0.25, -0.2) is 0 Å². The predicted molar refractivity (Wildman–Crippen MR) is 88.3 cm³/mol. The van der Waals surface area contributed by atoms with Gasteiger partial charge in [0, 0.05) is 39.3 Å². The van der Waals surface area contributed by atoms with E-state index in [1.807, 2.05) is 0 Å². The molecule has 2 aliphatic rings. The third-order valence-corrected chi connectivity index (χ3v) is 4.57. The van der Waals surface area contributed by atoms with Crippen LogP contribution < -0.4 is 4.74 Å². The van der Waals surface area contributed by atoms with Crippen LogP contribution in [-0.2, 0) is 0 Å². The van der Waals surface area contributed by atoms with Gasteiger partial charge in [-0.15, -0.1) is 0 Å². The second-order valence-corrected chi connectivity index (χ2v) is 6.65. The van der Waals surface area contributed by atoms with E-state index < -0.39 is 6.10 Å². The molecule has 1 N–H and O–H groups in total. The number of nitrogens with zero attached hydrogens (tertiary/aromatic N) is 3. The van der Waals surface area contributed by atoms with Gasteiger partial charge in [-0.1, -0.05) is 0 Å². The first-order valence-corrected chi connectivity index (χ1v) is 8.48. The number of hydrogen-bond acceptors (Lipinski definition) is 5. The molecule has 3 rings (SSSR count). The van der Waals surface area contributed by atoms with Crippen molar-refractivity contribution < 1.29 is 9.84 Å². The predicted octanol–water partition coefficient (Wildman–Crippen LogP) is 1.33. The van der Waals surface area contributed by atoms with Crippen LogP contribution in [0.15, 0.2) is 24.3 Å². The van der Waals surface area contributed by atoms with E-state index >= 15 is 0 Å². The molecule has 0 amide bonds. The highest BCUT2D eigenvalue weighted by molar-refractivity contribution is 5.34. The molecule has 1 unspecified atom stereocenters. The summed E-state index contributed by atoms with van der Waals surface area (Å²) in [5.41, 5.74) is 0.613. The topological polar surface area (TPSA) is 59.7 Å². The molecule has 1 saturated carbocycles.